The molecule has 24 heavy (non-hydrogen) atoms. The lowest BCUT2D eigenvalue weighted by Crippen LogP contribution is -2.48. The van der Waals surface area contributed by atoms with E-state index < -0.39 is 0 Å². The fraction of sp³-hybridized carbons (Fsp3) is 0.684. The summed E-state index contributed by atoms with van der Waals surface area (Å²) in [4.78, 5) is 30.3. The Hall–Kier alpha value is -1.62. The van der Waals surface area contributed by atoms with Crippen LogP contribution in [0.1, 0.15) is 70.6 Å². The van der Waals surface area contributed by atoms with E-state index in [1.165, 1.54) is 45.6 Å². The van der Waals surface area contributed by atoms with Crippen LogP contribution in [0.2, 0.25) is 0 Å². The number of piperidine rings is 1. The minimum atomic E-state index is -0.384. The molecule has 1 saturated carbocycles. The average Bonchev–Trinajstić information content (AvgIpc) is 2.89. The molecule has 1 aromatic rings. The zero-order valence-corrected chi connectivity index (χ0v) is 15.0. The number of Topliss-reactive ketones (excluding diaryl/α,β-unsaturated/α-hetero) is 1. The first kappa shape index (κ1) is 17.2. The predicted molar refractivity (Wildman–Crippen MR) is 92.5 cm³/mol. The van der Waals surface area contributed by atoms with Crippen LogP contribution in [-0.4, -0.2) is 47.9 Å². The van der Waals surface area contributed by atoms with E-state index >= 15 is 0 Å². The van der Waals surface area contributed by atoms with Gasteiger partial charge in [0, 0.05) is 11.7 Å². The lowest BCUT2D eigenvalue weighted by atomic mass is 9.78. The molecule has 1 aliphatic heterocycles. The maximum absolute atomic E-state index is 12.9. The quantitative estimate of drug-likeness (QED) is 0.679. The average molecular weight is 332 g/mol. The van der Waals surface area contributed by atoms with E-state index in [-0.39, 0.29) is 11.8 Å². The molecule has 0 amide bonds. The summed E-state index contributed by atoms with van der Waals surface area (Å²) in [5.41, 5.74) is 2.47. The molecular formula is C19H28N2O3. The summed E-state index contributed by atoms with van der Waals surface area (Å²) in [6, 6.07) is 0.563. The third-order valence-electron chi connectivity index (χ3n) is 5.81. The number of methoxy groups -OCH3 is 1. The SMILES string of the molecule is COC(=O)c1c(C)[nH]c(C(=O)CN2CCC[C@@H]3CCCC[C@@H]32)c1C. The molecule has 0 bridgehead atoms. The lowest BCUT2D eigenvalue weighted by Gasteiger charge is -2.43. The number of aromatic amines is 1. The van der Waals surface area contributed by atoms with Gasteiger partial charge in [-0.3, -0.25) is 9.69 Å². The van der Waals surface area contributed by atoms with Crippen molar-refractivity contribution in [1.82, 2.24) is 9.88 Å². The molecule has 5 heteroatoms. The molecule has 0 spiro atoms. The Labute approximate surface area is 143 Å². The fourth-order valence-corrected chi connectivity index (χ4v) is 4.62. The number of ketones is 1. The van der Waals surface area contributed by atoms with Crippen LogP contribution in [-0.2, 0) is 4.74 Å². The van der Waals surface area contributed by atoms with Gasteiger partial charge in [-0.2, -0.15) is 0 Å². The summed E-state index contributed by atoms with van der Waals surface area (Å²) < 4.78 is 4.83. The zero-order valence-electron chi connectivity index (χ0n) is 15.0. The second-order valence-corrected chi connectivity index (χ2v) is 7.26. The Morgan fingerprint density at radius 2 is 1.88 bits per heavy atom. The van der Waals surface area contributed by atoms with Crippen LogP contribution >= 0.6 is 0 Å². The Morgan fingerprint density at radius 3 is 2.62 bits per heavy atom. The monoisotopic (exact) mass is 332 g/mol. The number of aryl methyl sites for hydroxylation is 1. The van der Waals surface area contributed by atoms with Crippen molar-refractivity contribution in [2.24, 2.45) is 5.92 Å². The highest BCUT2D eigenvalue weighted by atomic mass is 16.5. The molecule has 2 atom stereocenters. The van der Waals surface area contributed by atoms with Crippen LogP contribution in [0.15, 0.2) is 0 Å². The van der Waals surface area contributed by atoms with Crippen LogP contribution in [0, 0.1) is 19.8 Å². The number of esters is 1. The Bertz CT molecular complexity index is 633. The van der Waals surface area contributed by atoms with Crippen molar-refractivity contribution >= 4 is 11.8 Å². The van der Waals surface area contributed by atoms with Crippen molar-refractivity contribution in [2.75, 3.05) is 20.2 Å². The third kappa shape index (κ3) is 3.14. The smallest absolute Gasteiger partial charge is 0.339 e. The van der Waals surface area contributed by atoms with E-state index in [0.29, 0.717) is 35.1 Å². The molecular weight excluding hydrogens is 304 g/mol. The van der Waals surface area contributed by atoms with Crippen molar-refractivity contribution in [3.05, 3.63) is 22.5 Å². The van der Waals surface area contributed by atoms with Gasteiger partial charge in [-0.1, -0.05) is 12.8 Å². The number of carbonyl (C=O) groups excluding carboxylic acids is 2. The van der Waals surface area contributed by atoms with E-state index in [1.807, 2.05) is 13.8 Å². The molecule has 0 unspecified atom stereocenters. The zero-order chi connectivity index (χ0) is 17.3. The maximum atomic E-state index is 12.9. The van der Waals surface area contributed by atoms with Crippen LogP contribution in [0.3, 0.4) is 0 Å². The van der Waals surface area contributed by atoms with E-state index in [1.54, 1.807) is 0 Å². The van der Waals surface area contributed by atoms with E-state index in [9.17, 15) is 9.59 Å². The second-order valence-electron chi connectivity index (χ2n) is 7.26. The van der Waals surface area contributed by atoms with E-state index in [4.69, 9.17) is 4.74 Å². The Balaban J connectivity index is 1.76. The number of rotatable bonds is 4. The number of likely N-dealkylation sites (tertiary alicyclic amines) is 1. The highest BCUT2D eigenvalue weighted by molar-refractivity contribution is 6.02. The van der Waals surface area contributed by atoms with Gasteiger partial charge in [-0.25, -0.2) is 4.79 Å². The number of hydrogen-bond donors (Lipinski definition) is 1. The number of ether oxygens (including phenoxy) is 1. The van der Waals surface area contributed by atoms with Crippen molar-refractivity contribution in [2.45, 2.75) is 58.4 Å². The van der Waals surface area contributed by atoms with Crippen molar-refractivity contribution in [3.8, 4) is 0 Å². The van der Waals surface area contributed by atoms with Gasteiger partial charge in [0.2, 0.25) is 0 Å². The van der Waals surface area contributed by atoms with E-state index in [2.05, 4.69) is 9.88 Å². The highest BCUT2D eigenvalue weighted by Crippen LogP contribution is 2.35. The molecule has 3 rings (SSSR count). The molecule has 1 aromatic heterocycles. The Morgan fingerprint density at radius 1 is 1.17 bits per heavy atom. The summed E-state index contributed by atoms with van der Waals surface area (Å²) in [6.45, 7) is 5.09. The first-order valence-electron chi connectivity index (χ1n) is 9.07. The summed E-state index contributed by atoms with van der Waals surface area (Å²) in [7, 11) is 1.37. The Kier molecular flexibility index (Phi) is 5.09. The maximum Gasteiger partial charge on any atom is 0.339 e. The molecule has 1 N–H and O–H groups in total. The minimum Gasteiger partial charge on any atom is -0.465 e. The van der Waals surface area contributed by atoms with Gasteiger partial charge >= 0.3 is 5.97 Å². The first-order valence-corrected chi connectivity index (χ1v) is 9.07. The van der Waals surface area contributed by atoms with Gasteiger partial charge in [0.15, 0.2) is 5.78 Å². The number of aromatic nitrogens is 1. The molecule has 2 aliphatic rings. The summed E-state index contributed by atoms with van der Waals surface area (Å²) in [5.74, 6) is 0.458. The van der Waals surface area contributed by atoms with Crippen molar-refractivity contribution in [1.29, 1.82) is 0 Å². The summed E-state index contributed by atoms with van der Waals surface area (Å²) in [5, 5.41) is 0. The highest BCUT2D eigenvalue weighted by Gasteiger charge is 2.34. The molecule has 1 aliphatic carbocycles. The van der Waals surface area contributed by atoms with Gasteiger partial charge in [0.1, 0.15) is 0 Å². The fourth-order valence-electron chi connectivity index (χ4n) is 4.62. The van der Waals surface area contributed by atoms with Gasteiger partial charge in [-0.15, -0.1) is 0 Å². The lowest BCUT2D eigenvalue weighted by molar-refractivity contribution is 0.0536. The normalized spacial score (nSPS) is 24.5. The standard InChI is InChI=1S/C19H28N2O3/c1-12-17(19(23)24-3)13(2)20-18(12)16(22)11-21-10-6-8-14-7-4-5-9-15(14)21/h14-15,20H,4-11H2,1-3H3/t14-,15-/m0/s1. The number of nitrogens with zero attached hydrogens (tertiary/aromatic N) is 1. The first-order chi connectivity index (χ1) is 11.5. The van der Waals surface area contributed by atoms with Gasteiger partial charge in [0.25, 0.3) is 0 Å². The number of fused-ring (bicyclic) bond motifs is 1. The topological polar surface area (TPSA) is 62.4 Å². The van der Waals surface area contributed by atoms with Crippen LogP contribution < -0.4 is 0 Å². The molecule has 0 radical (unpaired) electrons. The molecule has 2 heterocycles. The second kappa shape index (κ2) is 7.09. The van der Waals surface area contributed by atoms with Gasteiger partial charge < -0.3 is 9.72 Å². The van der Waals surface area contributed by atoms with Crippen LogP contribution in [0.5, 0.6) is 0 Å². The molecule has 0 aromatic carbocycles. The van der Waals surface area contributed by atoms with Crippen molar-refractivity contribution in [3.63, 3.8) is 0 Å². The minimum absolute atomic E-state index is 0.0805. The number of H-pyrrole nitrogens is 1. The summed E-state index contributed by atoms with van der Waals surface area (Å²) in [6.07, 6.45) is 7.63. The number of hydrogen-bond acceptors (Lipinski definition) is 4. The van der Waals surface area contributed by atoms with Crippen LogP contribution in [0.25, 0.3) is 0 Å². The van der Waals surface area contributed by atoms with Crippen LogP contribution in [0.4, 0.5) is 0 Å². The molecule has 132 valence electrons. The van der Waals surface area contributed by atoms with E-state index in [0.717, 1.165) is 12.5 Å². The third-order valence-corrected chi connectivity index (χ3v) is 5.81. The number of nitrogens with one attached hydrogen (secondary N) is 1. The largest absolute Gasteiger partial charge is 0.465 e. The van der Waals surface area contributed by atoms with Gasteiger partial charge in [0.05, 0.1) is 24.9 Å². The predicted octanol–water partition coefficient (Wildman–Crippen LogP) is 3.26. The number of carbonyl (C=O) groups is 2. The molecule has 5 nitrogen and oxygen atoms in total. The van der Waals surface area contributed by atoms with Crippen molar-refractivity contribution < 1.29 is 14.3 Å². The van der Waals surface area contributed by atoms with Gasteiger partial charge in [-0.05, 0) is 57.6 Å². The summed E-state index contributed by atoms with van der Waals surface area (Å²) >= 11 is 0. The molecule has 2 fully saturated rings. The molecule has 1 saturated heterocycles.